The lowest BCUT2D eigenvalue weighted by molar-refractivity contribution is -0.137. The molecular formula is C11H17N3O3. The van der Waals surface area contributed by atoms with E-state index in [9.17, 15) is 9.59 Å². The van der Waals surface area contributed by atoms with Crippen molar-refractivity contribution in [3.8, 4) is 0 Å². The molecule has 0 saturated carbocycles. The second-order valence-corrected chi connectivity index (χ2v) is 3.97. The lowest BCUT2D eigenvalue weighted by Crippen LogP contribution is -2.32. The van der Waals surface area contributed by atoms with E-state index in [4.69, 9.17) is 5.11 Å². The van der Waals surface area contributed by atoms with Crippen molar-refractivity contribution < 1.29 is 14.7 Å². The lowest BCUT2D eigenvalue weighted by atomic mass is 10.4. The Labute approximate surface area is 99.8 Å². The van der Waals surface area contributed by atoms with Gasteiger partial charge in [-0.05, 0) is 26.2 Å². The van der Waals surface area contributed by atoms with Crippen LogP contribution in [0.2, 0.25) is 0 Å². The van der Waals surface area contributed by atoms with Crippen LogP contribution in [0.1, 0.15) is 10.5 Å². The first-order valence-electron chi connectivity index (χ1n) is 5.30. The van der Waals surface area contributed by atoms with Crippen LogP contribution in [-0.2, 0) is 11.3 Å². The van der Waals surface area contributed by atoms with Crippen molar-refractivity contribution in [1.82, 2.24) is 14.8 Å². The van der Waals surface area contributed by atoms with E-state index in [0.29, 0.717) is 12.2 Å². The van der Waals surface area contributed by atoms with E-state index >= 15 is 0 Å². The minimum absolute atomic E-state index is 0.205. The van der Waals surface area contributed by atoms with E-state index in [-0.39, 0.29) is 12.5 Å². The summed E-state index contributed by atoms with van der Waals surface area (Å²) in [5, 5.41) is 11.4. The van der Waals surface area contributed by atoms with Crippen molar-refractivity contribution >= 4 is 11.9 Å². The van der Waals surface area contributed by atoms with Gasteiger partial charge in [-0.3, -0.25) is 9.59 Å². The van der Waals surface area contributed by atoms with Crippen molar-refractivity contribution in [2.24, 2.45) is 0 Å². The molecule has 1 aromatic heterocycles. The summed E-state index contributed by atoms with van der Waals surface area (Å²) >= 11 is 0. The van der Waals surface area contributed by atoms with Gasteiger partial charge in [0.2, 0.25) is 0 Å². The molecule has 0 unspecified atom stereocenters. The molecule has 0 aliphatic rings. The number of carboxylic acids is 1. The van der Waals surface area contributed by atoms with Gasteiger partial charge in [-0.25, -0.2) is 0 Å². The zero-order valence-electron chi connectivity index (χ0n) is 10.0. The van der Waals surface area contributed by atoms with Crippen LogP contribution in [-0.4, -0.2) is 53.6 Å². The number of hydrogen-bond acceptors (Lipinski definition) is 3. The molecule has 94 valence electrons. The molecule has 0 fully saturated rings. The number of carbonyl (C=O) groups is 2. The molecule has 0 spiro atoms. The third-order valence-electron chi connectivity index (χ3n) is 2.21. The fraction of sp³-hybridized carbons (Fsp3) is 0.455. The zero-order chi connectivity index (χ0) is 12.8. The normalized spacial score (nSPS) is 10.5. The van der Waals surface area contributed by atoms with E-state index in [1.807, 2.05) is 19.0 Å². The van der Waals surface area contributed by atoms with Crippen LogP contribution in [0, 0.1) is 0 Å². The number of carboxylic acid groups (broad SMARTS) is 1. The summed E-state index contributed by atoms with van der Waals surface area (Å²) in [4.78, 5) is 24.3. The maximum absolute atomic E-state index is 11.7. The number of aromatic nitrogens is 1. The standard InChI is InChI=1S/C11H17N3O3/c1-13(2)7-5-12-11(17)9-4-3-6-14(9)8-10(15)16/h3-4,6H,5,7-8H2,1-2H3,(H,12,17)(H,15,16). The van der Waals surface area contributed by atoms with Crippen molar-refractivity contribution in [3.63, 3.8) is 0 Å². The van der Waals surface area contributed by atoms with Crippen LogP contribution in [0.25, 0.3) is 0 Å². The summed E-state index contributed by atoms with van der Waals surface area (Å²) in [6.07, 6.45) is 1.58. The summed E-state index contributed by atoms with van der Waals surface area (Å²) in [5.74, 6) is -1.22. The molecule has 1 amide bonds. The molecule has 0 aliphatic heterocycles. The number of nitrogens with zero attached hydrogens (tertiary/aromatic N) is 2. The van der Waals surface area contributed by atoms with Crippen molar-refractivity contribution in [2.45, 2.75) is 6.54 Å². The van der Waals surface area contributed by atoms with Gasteiger partial charge in [-0.2, -0.15) is 0 Å². The van der Waals surface area contributed by atoms with Gasteiger partial charge in [-0.15, -0.1) is 0 Å². The molecule has 0 aromatic carbocycles. The zero-order valence-corrected chi connectivity index (χ0v) is 10.0. The van der Waals surface area contributed by atoms with Crippen LogP contribution >= 0.6 is 0 Å². The van der Waals surface area contributed by atoms with Crippen LogP contribution in [0.3, 0.4) is 0 Å². The second kappa shape index (κ2) is 6.05. The second-order valence-electron chi connectivity index (χ2n) is 3.97. The van der Waals surface area contributed by atoms with Gasteiger partial charge in [0.15, 0.2) is 0 Å². The molecule has 6 heteroatoms. The Balaban J connectivity index is 2.56. The Hall–Kier alpha value is -1.82. The van der Waals surface area contributed by atoms with Gasteiger partial charge in [0, 0.05) is 19.3 Å². The SMILES string of the molecule is CN(C)CCNC(=O)c1cccn1CC(=O)O. The molecule has 2 N–H and O–H groups in total. The van der Waals surface area contributed by atoms with E-state index in [1.165, 1.54) is 4.57 Å². The number of nitrogens with one attached hydrogen (secondary N) is 1. The van der Waals surface area contributed by atoms with Crippen molar-refractivity contribution in [3.05, 3.63) is 24.0 Å². The Kier molecular flexibility index (Phi) is 4.71. The maximum Gasteiger partial charge on any atom is 0.323 e. The van der Waals surface area contributed by atoms with Gasteiger partial charge in [0.1, 0.15) is 12.2 Å². The highest BCUT2D eigenvalue weighted by molar-refractivity contribution is 5.93. The molecule has 1 heterocycles. The fourth-order valence-corrected chi connectivity index (χ4v) is 1.39. The van der Waals surface area contributed by atoms with Crippen LogP contribution in [0.5, 0.6) is 0 Å². The smallest absolute Gasteiger partial charge is 0.323 e. The number of likely N-dealkylation sites (N-methyl/N-ethyl adjacent to an activating group) is 1. The van der Waals surface area contributed by atoms with Gasteiger partial charge in [0.25, 0.3) is 5.91 Å². The summed E-state index contributed by atoms with van der Waals surface area (Å²) in [6.45, 7) is 1.07. The van der Waals surface area contributed by atoms with Gasteiger partial charge >= 0.3 is 5.97 Å². The molecule has 0 aliphatic carbocycles. The van der Waals surface area contributed by atoms with E-state index in [0.717, 1.165) is 6.54 Å². The van der Waals surface area contributed by atoms with E-state index in [2.05, 4.69) is 5.32 Å². The predicted octanol–water partition coefficient (Wildman–Crippen LogP) is -0.136. The average Bonchev–Trinajstić information content (AvgIpc) is 2.64. The molecular weight excluding hydrogens is 222 g/mol. The Morgan fingerprint density at radius 3 is 2.76 bits per heavy atom. The number of rotatable bonds is 6. The topological polar surface area (TPSA) is 74.6 Å². The number of aliphatic carboxylic acids is 1. The average molecular weight is 239 g/mol. The molecule has 0 bridgehead atoms. The summed E-state index contributed by atoms with van der Waals surface area (Å²) in [5.41, 5.74) is 0.367. The summed E-state index contributed by atoms with van der Waals surface area (Å²) in [7, 11) is 3.83. The van der Waals surface area contributed by atoms with E-state index in [1.54, 1.807) is 18.3 Å². The quantitative estimate of drug-likeness (QED) is 0.725. The first kappa shape index (κ1) is 13.2. The predicted molar refractivity (Wildman–Crippen MR) is 63.0 cm³/mol. The molecule has 1 aromatic rings. The molecule has 0 atom stereocenters. The molecule has 0 radical (unpaired) electrons. The Morgan fingerprint density at radius 2 is 2.18 bits per heavy atom. The van der Waals surface area contributed by atoms with Gasteiger partial charge < -0.3 is 19.9 Å². The van der Waals surface area contributed by atoms with Gasteiger partial charge in [0.05, 0.1) is 0 Å². The Morgan fingerprint density at radius 1 is 1.47 bits per heavy atom. The highest BCUT2D eigenvalue weighted by Gasteiger charge is 2.11. The fourth-order valence-electron chi connectivity index (χ4n) is 1.39. The molecule has 0 saturated heterocycles. The minimum atomic E-state index is -0.969. The minimum Gasteiger partial charge on any atom is -0.480 e. The number of carbonyl (C=O) groups excluding carboxylic acids is 1. The Bertz CT molecular complexity index is 398. The first-order valence-corrected chi connectivity index (χ1v) is 5.30. The highest BCUT2D eigenvalue weighted by Crippen LogP contribution is 2.02. The van der Waals surface area contributed by atoms with Crippen molar-refractivity contribution in [2.75, 3.05) is 27.2 Å². The summed E-state index contributed by atoms with van der Waals surface area (Å²) in [6, 6.07) is 3.26. The highest BCUT2D eigenvalue weighted by atomic mass is 16.4. The summed E-state index contributed by atoms with van der Waals surface area (Å²) < 4.78 is 1.41. The van der Waals surface area contributed by atoms with E-state index < -0.39 is 5.97 Å². The monoisotopic (exact) mass is 239 g/mol. The third-order valence-corrected chi connectivity index (χ3v) is 2.21. The largest absolute Gasteiger partial charge is 0.480 e. The first-order chi connectivity index (χ1) is 8.00. The van der Waals surface area contributed by atoms with Gasteiger partial charge in [-0.1, -0.05) is 0 Å². The van der Waals surface area contributed by atoms with Crippen LogP contribution in [0.15, 0.2) is 18.3 Å². The lowest BCUT2D eigenvalue weighted by Gasteiger charge is -2.11. The van der Waals surface area contributed by atoms with Crippen LogP contribution in [0.4, 0.5) is 0 Å². The molecule has 1 rings (SSSR count). The van der Waals surface area contributed by atoms with Crippen molar-refractivity contribution in [1.29, 1.82) is 0 Å². The third kappa shape index (κ3) is 4.28. The van der Waals surface area contributed by atoms with Crippen LogP contribution < -0.4 is 5.32 Å². The molecule has 6 nitrogen and oxygen atoms in total. The molecule has 17 heavy (non-hydrogen) atoms. The number of amides is 1. The number of hydrogen-bond donors (Lipinski definition) is 2. The maximum atomic E-state index is 11.7.